The summed E-state index contributed by atoms with van der Waals surface area (Å²) in [5.74, 6) is 0.908. The van der Waals surface area contributed by atoms with Crippen LogP contribution in [0.15, 0.2) is 29.2 Å². The lowest BCUT2D eigenvalue weighted by molar-refractivity contribution is 0.304. The van der Waals surface area contributed by atoms with Crippen LogP contribution >= 0.6 is 10.2 Å². The maximum atomic E-state index is 12.7. The van der Waals surface area contributed by atoms with Gasteiger partial charge in [-0.25, -0.2) is 0 Å². The van der Waals surface area contributed by atoms with E-state index in [1.54, 1.807) is 0 Å². The van der Waals surface area contributed by atoms with Crippen LogP contribution in [0, 0.1) is 5.92 Å². The molecule has 0 aliphatic heterocycles. The molecule has 0 amide bonds. The summed E-state index contributed by atoms with van der Waals surface area (Å²) in [5.41, 5.74) is 0.750. The van der Waals surface area contributed by atoms with E-state index in [9.17, 15) is 19.4 Å². The summed E-state index contributed by atoms with van der Waals surface area (Å²) in [4.78, 5) is -1.79. The lowest BCUT2D eigenvalue weighted by Crippen LogP contribution is -2.13. The van der Waals surface area contributed by atoms with E-state index in [0.29, 0.717) is 18.1 Å². The molecule has 6 heteroatoms. The van der Waals surface area contributed by atoms with Crippen LogP contribution in [0.4, 0.5) is 19.4 Å². The van der Waals surface area contributed by atoms with Gasteiger partial charge in [-0.05, 0) is 55.2 Å². The number of halogens is 5. The van der Waals surface area contributed by atoms with Crippen molar-refractivity contribution in [2.24, 2.45) is 5.92 Å². The molecule has 0 atom stereocenters. The van der Waals surface area contributed by atoms with Gasteiger partial charge in [-0.2, -0.15) is 0 Å². The third kappa shape index (κ3) is 4.61. The zero-order valence-corrected chi connectivity index (χ0v) is 13.5. The van der Waals surface area contributed by atoms with E-state index >= 15 is 0 Å². The highest BCUT2D eigenvalue weighted by molar-refractivity contribution is 8.45. The van der Waals surface area contributed by atoms with Crippen LogP contribution in [-0.4, -0.2) is 0 Å². The van der Waals surface area contributed by atoms with Gasteiger partial charge in [0.2, 0.25) is 0 Å². The molecule has 1 aliphatic rings. The quantitative estimate of drug-likeness (QED) is 0.479. The molecule has 0 heterocycles. The first-order valence-electron chi connectivity index (χ1n) is 7.83. The van der Waals surface area contributed by atoms with Gasteiger partial charge in [0.25, 0.3) is 0 Å². The fraction of sp³-hybridized carbons (Fsp3) is 0.625. The summed E-state index contributed by atoms with van der Waals surface area (Å²) < 4.78 is 63.5. The van der Waals surface area contributed by atoms with Crippen molar-refractivity contribution in [3.63, 3.8) is 0 Å². The number of benzene rings is 1. The van der Waals surface area contributed by atoms with Gasteiger partial charge in [0.05, 0.1) is 0 Å². The maximum absolute atomic E-state index is 12.7. The maximum Gasteiger partial charge on any atom is 0.310 e. The molecule has 1 saturated carbocycles. The summed E-state index contributed by atoms with van der Waals surface area (Å²) in [6.07, 6.45) is 7.63. The van der Waals surface area contributed by atoms with Crippen LogP contribution in [0.1, 0.15) is 63.4 Å². The van der Waals surface area contributed by atoms with Gasteiger partial charge in [-0.15, -0.1) is 0 Å². The zero-order valence-electron chi connectivity index (χ0n) is 12.7. The van der Waals surface area contributed by atoms with Crippen LogP contribution in [0.2, 0.25) is 0 Å². The molecule has 1 fully saturated rings. The molecule has 0 N–H and O–H groups in total. The Morgan fingerprint density at radius 3 is 1.91 bits per heavy atom. The molecule has 0 bridgehead atoms. The lowest BCUT2D eigenvalue weighted by atomic mass is 9.77. The number of unbranched alkanes of at least 4 members (excludes halogenated alkanes) is 1. The number of hydrogen-bond acceptors (Lipinski definition) is 0. The Labute approximate surface area is 128 Å². The molecule has 0 radical (unpaired) electrons. The van der Waals surface area contributed by atoms with Crippen molar-refractivity contribution < 1.29 is 19.4 Å². The highest BCUT2D eigenvalue weighted by Gasteiger charge is 2.65. The monoisotopic (exact) mass is 342 g/mol. The molecule has 0 saturated heterocycles. The topological polar surface area (TPSA) is 0 Å². The smallest absolute Gasteiger partial charge is 0.0936 e. The first-order valence-corrected chi connectivity index (χ1v) is 9.79. The predicted molar refractivity (Wildman–Crippen MR) is 82.1 cm³/mol. The minimum absolute atomic E-state index is 0.199. The summed E-state index contributed by atoms with van der Waals surface area (Å²) in [6.45, 7) is 2.16. The molecule has 1 aromatic carbocycles. The van der Waals surface area contributed by atoms with Crippen LogP contribution in [0.5, 0.6) is 0 Å². The van der Waals surface area contributed by atoms with Gasteiger partial charge in [0.1, 0.15) is 4.90 Å². The SMILES string of the molecule is CCCC[C@H]1CC[C@H](c2ccc(S(F)(F)(F)(F)F)cc2)CC1. The van der Waals surface area contributed by atoms with E-state index in [0.717, 1.165) is 31.2 Å². The molecular formula is C16H23F5S. The van der Waals surface area contributed by atoms with Crippen LogP contribution in [0.3, 0.4) is 0 Å². The Balaban J connectivity index is 2.01. The predicted octanol–water partition coefficient (Wildman–Crippen LogP) is 7.81. The standard InChI is InChI=1S/C16H23F5S/c1-2-3-4-13-5-7-14(8-6-13)15-9-11-16(12-10-15)22(17,18,19,20)21/h9-14H,2-8H2,1H3/t13-,14-. The van der Waals surface area contributed by atoms with Crippen molar-refractivity contribution in [3.05, 3.63) is 29.8 Å². The van der Waals surface area contributed by atoms with Crippen molar-refractivity contribution in [1.82, 2.24) is 0 Å². The third-order valence-electron chi connectivity index (χ3n) is 4.61. The second-order valence-electron chi connectivity index (χ2n) is 6.40. The average Bonchev–Trinajstić information content (AvgIpc) is 2.43. The first-order chi connectivity index (χ1) is 9.99. The van der Waals surface area contributed by atoms with Crippen LogP contribution in [0.25, 0.3) is 0 Å². The molecule has 0 unspecified atom stereocenters. The third-order valence-corrected chi connectivity index (χ3v) is 5.77. The molecule has 1 aliphatic carbocycles. The van der Waals surface area contributed by atoms with Crippen molar-refractivity contribution in [3.8, 4) is 0 Å². The Kier molecular flexibility index (Phi) is 4.31. The van der Waals surface area contributed by atoms with Gasteiger partial charge in [-0.1, -0.05) is 57.7 Å². The molecule has 2 rings (SSSR count). The minimum atomic E-state index is -9.54. The largest absolute Gasteiger partial charge is 0.310 e. The highest BCUT2D eigenvalue weighted by atomic mass is 32.5. The fourth-order valence-electron chi connectivity index (χ4n) is 3.27. The van der Waals surface area contributed by atoms with Gasteiger partial charge in [-0.3, -0.25) is 0 Å². The normalized spacial score (nSPS) is 26.3. The van der Waals surface area contributed by atoms with E-state index in [1.165, 1.54) is 31.4 Å². The molecule has 1 aromatic rings. The molecule has 0 aromatic heterocycles. The van der Waals surface area contributed by atoms with Crippen molar-refractivity contribution >= 4 is 10.2 Å². The Hall–Kier alpha value is -0.780. The van der Waals surface area contributed by atoms with E-state index < -0.39 is 15.1 Å². The molecule has 0 spiro atoms. The van der Waals surface area contributed by atoms with E-state index in [1.807, 2.05) is 0 Å². The van der Waals surface area contributed by atoms with Gasteiger partial charge >= 0.3 is 10.2 Å². The van der Waals surface area contributed by atoms with Crippen LogP contribution < -0.4 is 0 Å². The summed E-state index contributed by atoms with van der Waals surface area (Å²) in [7, 11) is -9.54. The van der Waals surface area contributed by atoms with Gasteiger partial charge in [0.15, 0.2) is 0 Å². The zero-order chi connectivity index (χ0) is 16.5. The lowest BCUT2D eigenvalue weighted by Gasteiger charge is -2.40. The molecular weight excluding hydrogens is 319 g/mol. The average molecular weight is 342 g/mol. The van der Waals surface area contributed by atoms with Crippen molar-refractivity contribution in [1.29, 1.82) is 0 Å². The summed E-state index contributed by atoms with van der Waals surface area (Å²) in [5, 5.41) is 0. The second-order valence-corrected chi connectivity index (χ2v) is 8.81. The Morgan fingerprint density at radius 2 is 1.45 bits per heavy atom. The molecule has 128 valence electrons. The minimum Gasteiger partial charge on any atom is -0.0936 e. The van der Waals surface area contributed by atoms with E-state index in [4.69, 9.17) is 0 Å². The second kappa shape index (κ2) is 5.39. The van der Waals surface area contributed by atoms with Crippen LogP contribution in [-0.2, 0) is 0 Å². The van der Waals surface area contributed by atoms with E-state index in [-0.39, 0.29) is 5.92 Å². The fourth-order valence-corrected chi connectivity index (χ4v) is 3.92. The Bertz CT molecular complexity index is 497. The molecule has 0 nitrogen and oxygen atoms in total. The molecule has 22 heavy (non-hydrogen) atoms. The summed E-state index contributed by atoms with van der Waals surface area (Å²) in [6, 6.07) is 3.54. The van der Waals surface area contributed by atoms with Crippen molar-refractivity contribution in [2.45, 2.75) is 62.7 Å². The first kappa shape index (κ1) is 17.6. The van der Waals surface area contributed by atoms with Gasteiger partial charge < -0.3 is 0 Å². The number of rotatable bonds is 5. The summed E-state index contributed by atoms with van der Waals surface area (Å²) >= 11 is 0. The van der Waals surface area contributed by atoms with E-state index in [2.05, 4.69) is 6.92 Å². The van der Waals surface area contributed by atoms with Crippen molar-refractivity contribution in [2.75, 3.05) is 0 Å². The highest BCUT2D eigenvalue weighted by Crippen LogP contribution is 3.02. The Morgan fingerprint density at radius 1 is 0.909 bits per heavy atom. The van der Waals surface area contributed by atoms with Gasteiger partial charge in [0, 0.05) is 0 Å². The number of hydrogen-bond donors (Lipinski definition) is 0.